The van der Waals surface area contributed by atoms with Crippen LogP contribution in [0.15, 0.2) is 0 Å². The van der Waals surface area contributed by atoms with Gasteiger partial charge in [0.2, 0.25) is 0 Å². The Morgan fingerprint density at radius 3 is 1.20 bits per heavy atom. The van der Waals surface area contributed by atoms with Crippen LogP contribution in [0.2, 0.25) is 0 Å². The fraction of sp³-hybridized carbons (Fsp3) is 0.333. The van der Waals surface area contributed by atoms with Gasteiger partial charge in [-0.2, -0.15) is 0 Å². The van der Waals surface area contributed by atoms with Crippen molar-refractivity contribution in [1.29, 1.82) is 0 Å². The molecule has 67 valence electrons. The van der Waals surface area contributed by atoms with Crippen molar-refractivity contribution < 1.29 is 47.8 Å². The van der Waals surface area contributed by atoms with Crippen LogP contribution in [0.25, 0.3) is 0 Å². The molecule has 0 fully saturated rings. The van der Waals surface area contributed by atoms with Crippen LogP contribution in [0.3, 0.4) is 0 Å². The number of carboxylic acid groups (broad SMARTS) is 2. The second-order valence-corrected chi connectivity index (χ2v) is 0.964. The minimum atomic E-state index is -1.31. The van der Waals surface area contributed by atoms with E-state index in [0.717, 1.165) is 0 Å². The second kappa shape index (κ2) is 11.2. The van der Waals surface area contributed by atoms with E-state index < -0.39 is 18.4 Å². The zero-order valence-electron chi connectivity index (χ0n) is 4.72. The summed E-state index contributed by atoms with van der Waals surface area (Å²) >= 11 is 0. The van der Waals surface area contributed by atoms with Crippen LogP contribution in [0.4, 0.5) is 0 Å². The van der Waals surface area contributed by atoms with E-state index in [0.29, 0.717) is 0 Å². The molecule has 0 saturated carbocycles. The van der Waals surface area contributed by atoms with Gasteiger partial charge in [0, 0.05) is 17.1 Å². The number of carboxylic acids is 2. The van der Waals surface area contributed by atoms with E-state index in [1.165, 1.54) is 0 Å². The topological polar surface area (TPSA) is 138 Å². The SMILES string of the molecule is O.O.O=C(O)CC(=O)O.[Cu]. The third kappa shape index (κ3) is 26.3. The Morgan fingerprint density at radius 1 is 1.00 bits per heavy atom. The largest absolute Gasteiger partial charge is 0.481 e. The third-order valence-corrected chi connectivity index (χ3v) is 0.302. The first-order valence-corrected chi connectivity index (χ1v) is 1.56. The van der Waals surface area contributed by atoms with Gasteiger partial charge in [-0.1, -0.05) is 0 Å². The van der Waals surface area contributed by atoms with Gasteiger partial charge in [-0.3, -0.25) is 9.59 Å². The zero-order valence-corrected chi connectivity index (χ0v) is 5.66. The van der Waals surface area contributed by atoms with Crippen LogP contribution in [0.1, 0.15) is 6.42 Å². The molecule has 1 radical (unpaired) electrons. The maximum Gasteiger partial charge on any atom is 0.314 e. The first kappa shape index (κ1) is 22.8. The molecular weight excluding hydrogens is 196 g/mol. The van der Waals surface area contributed by atoms with Gasteiger partial charge >= 0.3 is 11.9 Å². The minimum Gasteiger partial charge on any atom is -0.481 e. The second-order valence-electron chi connectivity index (χ2n) is 0.964. The third-order valence-electron chi connectivity index (χ3n) is 0.302. The molecule has 0 aromatic rings. The average Bonchev–Trinajstić information content (AvgIpc) is 1.27. The van der Waals surface area contributed by atoms with Crippen LogP contribution in [-0.4, -0.2) is 33.1 Å². The zero-order chi connectivity index (χ0) is 5.86. The first-order chi connectivity index (χ1) is 3.13. The fourth-order valence-corrected chi connectivity index (χ4v) is 0.129. The molecule has 10 heavy (non-hydrogen) atoms. The van der Waals surface area contributed by atoms with Gasteiger partial charge in [0.1, 0.15) is 6.42 Å². The molecule has 7 heteroatoms. The van der Waals surface area contributed by atoms with Gasteiger partial charge in [0.05, 0.1) is 0 Å². The molecule has 0 heterocycles. The van der Waals surface area contributed by atoms with Crippen LogP contribution in [-0.2, 0) is 26.7 Å². The van der Waals surface area contributed by atoms with Gasteiger partial charge in [-0.25, -0.2) is 0 Å². The quantitative estimate of drug-likeness (QED) is 0.392. The summed E-state index contributed by atoms with van der Waals surface area (Å²) in [4.78, 5) is 18.9. The van der Waals surface area contributed by atoms with Gasteiger partial charge in [0.25, 0.3) is 0 Å². The van der Waals surface area contributed by atoms with Crippen molar-refractivity contribution in [3.05, 3.63) is 0 Å². The molecule has 0 aliphatic rings. The summed E-state index contributed by atoms with van der Waals surface area (Å²) < 4.78 is 0. The normalized spacial score (nSPS) is 5.60. The van der Waals surface area contributed by atoms with Gasteiger partial charge < -0.3 is 21.2 Å². The van der Waals surface area contributed by atoms with Crippen molar-refractivity contribution in [1.82, 2.24) is 0 Å². The number of rotatable bonds is 2. The summed E-state index contributed by atoms with van der Waals surface area (Å²) in [6.07, 6.45) is -0.806. The fourth-order valence-electron chi connectivity index (χ4n) is 0.129. The molecular formula is C3H8CuO6. The van der Waals surface area contributed by atoms with E-state index in [2.05, 4.69) is 0 Å². The Kier molecular flexibility index (Phi) is 25.5. The molecule has 0 saturated heterocycles. The smallest absolute Gasteiger partial charge is 0.314 e. The molecule has 0 aliphatic carbocycles. The van der Waals surface area contributed by atoms with Crippen molar-refractivity contribution in [3.8, 4) is 0 Å². The Bertz CT molecular complexity index is 89.2. The Morgan fingerprint density at radius 2 is 1.20 bits per heavy atom. The van der Waals surface area contributed by atoms with E-state index in [4.69, 9.17) is 10.2 Å². The van der Waals surface area contributed by atoms with Crippen LogP contribution >= 0.6 is 0 Å². The molecule has 0 atom stereocenters. The molecule has 6 nitrogen and oxygen atoms in total. The van der Waals surface area contributed by atoms with E-state index in [-0.39, 0.29) is 28.0 Å². The Hall–Kier alpha value is -0.621. The summed E-state index contributed by atoms with van der Waals surface area (Å²) in [5.41, 5.74) is 0. The molecule has 0 spiro atoms. The van der Waals surface area contributed by atoms with E-state index in [9.17, 15) is 9.59 Å². The summed E-state index contributed by atoms with van der Waals surface area (Å²) in [5.74, 6) is -2.62. The number of hydrogen-bond donors (Lipinski definition) is 2. The van der Waals surface area contributed by atoms with Crippen molar-refractivity contribution >= 4 is 11.9 Å². The minimum absolute atomic E-state index is 0. The number of hydrogen-bond acceptors (Lipinski definition) is 2. The van der Waals surface area contributed by atoms with Gasteiger partial charge in [-0.05, 0) is 0 Å². The Balaban J connectivity index is -0.0000000600. The molecule has 0 unspecified atom stereocenters. The standard InChI is InChI=1S/C3H4O4.Cu.2H2O/c4-2(5)1-3(6)7;;;/h1H2,(H,4,5)(H,6,7);;2*1H2. The van der Waals surface area contributed by atoms with Crippen LogP contribution < -0.4 is 0 Å². The Labute approximate surface area is 66.9 Å². The summed E-state index contributed by atoms with van der Waals surface area (Å²) in [5, 5.41) is 15.4. The summed E-state index contributed by atoms with van der Waals surface area (Å²) in [7, 11) is 0. The van der Waals surface area contributed by atoms with Crippen LogP contribution in [0.5, 0.6) is 0 Å². The average molecular weight is 204 g/mol. The predicted molar refractivity (Wildman–Crippen MR) is 27.1 cm³/mol. The molecule has 0 aromatic carbocycles. The molecule has 0 aromatic heterocycles. The van der Waals surface area contributed by atoms with Crippen molar-refractivity contribution in [2.24, 2.45) is 0 Å². The van der Waals surface area contributed by atoms with E-state index in [1.54, 1.807) is 0 Å². The monoisotopic (exact) mass is 203 g/mol. The predicted octanol–water partition coefficient (Wildman–Crippen LogP) is -2.11. The molecule has 6 N–H and O–H groups in total. The van der Waals surface area contributed by atoms with E-state index in [1.807, 2.05) is 0 Å². The number of carbonyl (C=O) groups is 2. The molecule has 0 amide bonds. The van der Waals surface area contributed by atoms with Crippen molar-refractivity contribution in [2.45, 2.75) is 6.42 Å². The van der Waals surface area contributed by atoms with E-state index >= 15 is 0 Å². The first-order valence-electron chi connectivity index (χ1n) is 1.56. The molecule has 0 bridgehead atoms. The van der Waals surface area contributed by atoms with Gasteiger partial charge in [-0.15, -0.1) is 0 Å². The summed E-state index contributed by atoms with van der Waals surface area (Å²) in [6, 6.07) is 0. The number of aliphatic carboxylic acids is 2. The molecule has 0 rings (SSSR count). The van der Waals surface area contributed by atoms with Gasteiger partial charge in [0.15, 0.2) is 0 Å². The maximum atomic E-state index is 9.43. The van der Waals surface area contributed by atoms with Crippen LogP contribution in [0, 0.1) is 0 Å². The van der Waals surface area contributed by atoms with Crippen molar-refractivity contribution in [2.75, 3.05) is 0 Å². The summed E-state index contributed by atoms with van der Waals surface area (Å²) in [6.45, 7) is 0. The maximum absolute atomic E-state index is 9.43. The molecule has 0 aliphatic heterocycles. The van der Waals surface area contributed by atoms with Crippen molar-refractivity contribution in [3.63, 3.8) is 0 Å².